The standard InChI is InChI=1S/C15H32N2O/c1-6-14(7-2)12-17(8-3)15(18)10-9-11-16-13(4)5/h13-14,16H,6-12H2,1-5H3. The highest BCUT2D eigenvalue weighted by atomic mass is 16.2. The third kappa shape index (κ3) is 7.70. The molecule has 0 aromatic heterocycles. The van der Waals surface area contributed by atoms with Gasteiger partial charge in [-0.25, -0.2) is 0 Å². The Morgan fingerprint density at radius 3 is 2.22 bits per heavy atom. The van der Waals surface area contributed by atoms with E-state index in [4.69, 9.17) is 0 Å². The number of hydrogen-bond acceptors (Lipinski definition) is 2. The van der Waals surface area contributed by atoms with E-state index < -0.39 is 0 Å². The van der Waals surface area contributed by atoms with Gasteiger partial charge in [0.15, 0.2) is 0 Å². The first-order valence-corrected chi connectivity index (χ1v) is 7.56. The third-order valence-electron chi connectivity index (χ3n) is 3.49. The van der Waals surface area contributed by atoms with Crippen molar-refractivity contribution in [3.8, 4) is 0 Å². The van der Waals surface area contributed by atoms with Gasteiger partial charge in [-0.2, -0.15) is 0 Å². The van der Waals surface area contributed by atoms with Gasteiger partial charge in [0, 0.05) is 25.6 Å². The number of nitrogens with one attached hydrogen (secondary N) is 1. The number of nitrogens with zero attached hydrogens (tertiary/aromatic N) is 1. The third-order valence-corrected chi connectivity index (χ3v) is 3.49. The molecular weight excluding hydrogens is 224 g/mol. The SMILES string of the molecule is CCC(CC)CN(CC)C(=O)CCCNC(C)C. The van der Waals surface area contributed by atoms with E-state index in [0.29, 0.717) is 24.3 Å². The first-order valence-electron chi connectivity index (χ1n) is 7.56. The highest BCUT2D eigenvalue weighted by molar-refractivity contribution is 5.76. The molecule has 0 aliphatic carbocycles. The van der Waals surface area contributed by atoms with Gasteiger partial charge in [0.25, 0.3) is 0 Å². The number of amides is 1. The van der Waals surface area contributed by atoms with Gasteiger partial charge in [0.1, 0.15) is 0 Å². The molecule has 0 saturated carbocycles. The van der Waals surface area contributed by atoms with Crippen LogP contribution in [-0.2, 0) is 4.79 Å². The molecule has 1 amide bonds. The lowest BCUT2D eigenvalue weighted by Crippen LogP contribution is -2.35. The molecule has 18 heavy (non-hydrogen) atoms. The Balaban J connectivity index is 3.95. The molecule has 0 fully saturated rings. The Hall–Kier alpha value is -0.570. The molecule has 0 saturated heterocycles. The normalized spacial score (nSPS) is 11.3. The first kappa shape index (κ1) is 17.4. The van der Waals surface area contributed by atoms with Crippen molar-refractivity contribution >= 4 is 5.91 Å². The summed E-state index contributed by atoms with van der Waals surface area (Å²) in [6, 6.07) is 0.506. The van der Waals surface area contributed by atoms with Crippen molar-refractivity contribution in [1.29, 1.82) is 0 Å². The maximum atomic E-state index is 12.1. The predicted octanol–water partition coefficient (Wildman–Crippen LogP) is 3.05. The van der Waals surface area contributed by atoms with Gasteiger partial charge >= 0.3 is 0 Å². The van der Waals surface area contributed by atoms with Gasteiger partial charge in [0.05, 0.1) is 0 Å². The molecule has 1 N–H and O–H groups in total. The summed E-state index contributed by atoms with van der Waals surface area (Å²) in [5.74, 6) is 0.970. The van der Waals surface area contributed by atoms with Gasteiger partial charge in [-0.3, -0.25) is 4.79 Å². The minimum atomic E-state index is 0.315. The van der Waals surface area contributed by atoms with Crippen molar-refractivity contribution in [2.45, 2.75) is 66.3 Å². The summed E-state index contributed by atoms with van der Waals surface area (Å²) in [4.78, 5) is 14.1. The summed E-state index contributed by atoms with van der Waals surface area (Å²) >= 11 is 0. The van der Waals surface area contributed by atoms with Crippen LogP contribution >= 0.6 is 0 Å². The van der Waals surface area contributed by atoms with Crippen molar-refractivity contribution in [1.82, 2.24) is 10.2 Å². The molecular formula is C15H32N2O. The van der Waals surface area contributed by atoms with E-state index in [1.165, 1.54) is 0 Å². The minimum Gasteiger partial charge on any atom is -0.343 e. The van der Waals surface area contributed by atoms with Crippen molar-refractivity contribution in [2.75, 3.05) is 19.6 Å². The number of carbonyl (C=O) groups is 1. The summed E-state index contributed by atoms with van der Waals surface area (Å²) in [6.45, 7) is 13.5. The van der Waals surface area contributed by atoms with Crippen LogP contribution in [0.25, 0.3) is 0 Å². The Labute approximate surface area is 113 Å². The van der Waals surface area contributed by atoms with Crippen LogP contribution in [0.1, 0.15) is 60.3 Å². The van der Waals surface area contributed by atoms with E-state index in [0.717, 1.165) is 38.9 Å². The van der Waals surface area contributed by atoms with E-state index in [1.54, 1.807) is 0 Å². The molecule has 0 aliphatic rings. The van der Waals surface area contributed by atoms with Gasteiger partial charge in [-0.1, -0.05) is 40.5 Å². The molecule has 0 atom stereocenters. The van der Waals surface area contributed by atoms with Crippen molar-refractivity contribution < 1.29 is 4.79 Å². The largest absolute Gasteiger partial charge is 0.343 e. The molecule has 0 heterocycles. The Kier molecular flexibility index (Phi) is 10.0. The second-order valence-electron chi connectivity index (χ2n) is 5.33. The molecule has 0 bridgehead atoms. The van der Waals surface area contributed by atoms with E-state index in [2.05, 4.69) is 39.9 Å². The highest BCUT2D eigenvalue weighted by Gasteiger charge is 2.15. The van der Waals surface area contributed by atoms with Gasteiger partial charge in [0.2, 0.25) is 5.91 Å². The molecule has 3 heteroatoms. The fraction of sp³-hybridized carbons (Fsp3) is 0.933. The van der Waals surface area contributed by atoms with Crippen LogP contribution in [0, 0.1) is 5.92 Å². The quantitative estimate of drug-likeness (QED) is 0.609. The molecule has 0 aromatic rings. The molecule has 0 spiro atoms. The van der Waals surface area contributed by atoms with E-state index in [-0.39, 0.29) is 0 Å². The Bertz CT molecular complexity index is 213. The van der Waals surface area contributed by atoms with Crippen LogP contribution in [0.15, 0.2) is 0 Å². The van der Waals surface area contributed by atoms with Crippen LogP contribution in [-0.4, -0.2) is 36.5 Å². The highest BCUT2D eigenvalue weighted by Crippen LogP contribution is 2.11. The molecule has 3 nitrogen and oxygen atoms in total. The summed E-state index contributed by atoms with van der Waals surface area (Å²) < 4.78 is 0. The van der Waals surface area contributed by atoms with Crippen LogP contribution in [0.5, 0.6) is 0 Å². The lowest BCUT2D eigenvalue weighted by Gasteiger charge is -2.25. The smallest absolute Gasteiger partial charge is 0.222 e. The van der Waals surface area contributed by atoms with Crippen molar-refractivity contribution in [2.24, 2.45) is 5.92 Å². The van der Waals surface area contributed by atoms with Crippen LogP contribution in [0.4, 0.5) is 0 Å². The maximum absolute atomic E-state index is 12.1. The zero-order chi connectivity index (χ0) is 14.0. The van der Waals surface area contributed by atoms with Crippen LogP contribution in [0.3, 0.4) is 0 Å². The number of carbonyl (C=O) groups excluding carboxylic acids is 1. The average Bonchev–Trinajstić information content (AvgIpc) is 2.35. The maximum Gasteiger partial charge on any atom is 0.222 e. The summed E-state index contributed by atoms with van der Waals surface area (Å²) in [6.07, 6.45) is 3.94. The fourth-order valence-electron chi connectivity index (χ4n) is 2.05. The number of rotatable bonds is 10. The van der Waals surface area contributed by atoms with Gasteiger partial charge in [-0.05, 0) is 25.8 Å². The molecule has 0 unspecified atom stereocenters. The molecule has 0 aliphatic heterocycles. The van der Waals surface area contributed by atoms with Crippen molar-refractivity contribution in [3.05, 3.63) is 0 Å². The van der Waals surface area contributed by atoms with E-state index in [9.17, 15) is 4.79 Å². The molecule has 108 valence electrons. The van der Waals surface area contributed by atoms with Gasteiger partial charge < -0.3 is 10.2 Å². The lowest BCUT2D eigenvalue weighted by molar-refractivity contribution is -0.131. The van der Waals surface area contributed by atoms with E-state index >= 15 is 0 Å². The monoisotopic (exact) mass is 256 g/mol. The second-order valence-corrected chi connectivity index (χ2v) is 5.33. The van der Waals surface area contributed by atoms with Crippen LogP contribution in [0.2, 0.25) is 0 Å². The summed E-state index contributed by atoms with van der Waals surface area (Å²) in [7, 11) is 0. The summed E-state index contributed by atoms with van der Waals surface area (Å²) in [5.41, 5.74) is 0. The summed E-state index contributed by atoms with van der Waals surface area (Å²) in [5, 5.41) is 3.35. The zero-order valence-corrected chi connectivity index (χ0v) is 13.0. The van der Waals surface area contributed by atoms with Crippen molar-refractivity contribution in [3.63, 3.8) is 0 Å². The minimum absolute atomic E-state index is 0.315. The molecule has 0 rings (SSSR count). The lowest BCUT2D eigenvalue weighted by atomic mass is 10.0. The first-order chi connectivity index (χ1) is 8.54. The average molecular weight is 256 g/mol. The predicted molar refractivity (Wildman–Crippen MR) is 78.7 cm³/mol. The number of hydrogen-bond donors (Lipinski definition) is 1. The Morgan fingerprint density at radius 1 is 1.17 bits per heavy atom. The van der Waals surface area contributed by atoms with Gasteiger partial charge in [-0.15, -0.1) is 0 Å². The molecule has 0 radical (unpaired) electrons. The topological polar surface area (TPSA) is 32.3 Å². The Morgan fingerprint density at radius 2 is 1.78 bits per heavy atom. The second kappa shape index (κ2) is 10.4. The fourth-order valence-corrected chi connectivity index (χ4v) is 2.05. The molecule has 0 aromatic carbocycles. The van der Waals surface area contributed by atoms with E-state index in [1.807, 2.05) is 4.90 Å². The van der Waals surface area contributed by atoms with Crippen LogP contribution < -0.4 is 5.32 Å². The zero-order valence-electron chi connectivity index (χ0n) is 13.0.